The van der Waals surface area contributed by atoms with Crippen molar-refractivity contribution in [2.45, 2.75) is 31.7 Å². The minimum absolute atomic E-state index is 0.0163. The van der Waals surface area contributed by atoms with E-state index in [-0.39, 0.29) is 11.9 Å². The van der Waals surface area contributed by atoms with E-state index >= 15 is 0 Å². The average molecular weight is 427 g/mol. The first kappa shape index (κ1) is 20.6. The largest absolute Gasteiger partial charge is 0.497 e. The summed E-state index contributed by atoms with van der Waals surface area (Å²) in [5.41, 5.74) is 2.10. The first-order valence-corrected chi connectivity index (χ1v) is 11.2. The van der Waals surface area contributed by atoms with Crippen LogP contribution in [0.5, 0.6) is 5.75 Å². The maximum absolute atomic E-state index is 12.5. The highest BCUT2D eigenvalue weighted by Crippen LogP contribution is 2.27. The third kappa shape index (κ3) is 5.06. The van der Waals surface area contributed by atoms with E-state index in [1.165, 1.54) is 12.8 Å². The van der Waals surface area contributed by atoms with E-state index in [9.17, 15) is 4.79 Å². The van der Waals surface area contributed by atoms with Crippen LogP contribution in [-0.4, -0.2) is 47.7 Å². The molecule has 158 valence electrons. The van der Waals surface area contributed by atoms with Crippen molar-refractivity contribution in [2.75, 3.05) is 26.7 Å². The molecule has 0 bridgehead atoms. The van der Waals surface area contributed by atoms with E-state index < -0.39 is 0 Å². The fourth-order valence-electron chi connectivity index (χ4n) is 3.74. The number of nitrogens with zero attached hydrogens (tertiary/aromatic N) is 3. The van der Waals surface area contributed by atoms with Gasteiger partial charge in [0.05, 0.1) is 13.2 Å². The van der Waals surface area contributed by atoms with Crippen LogP contribution >= 0.6 is 11.3 Å². The summed E-state index contributed by atoms with van der Waals surface area (Å²) >= 11 is 1.58. The van der Waals surface area contributed by atoms with Crippen molar-refractivity contribution in [3.05, 3.63) is 52.5 Å². The van der Waals surface area contributed by atoms with Gasteiger partial charge in [-0.3, -0.25) is 9.69 Å². The summed E-state index contributed by atoms with van der Waals surface area (Å²) in [4.78, 5) is 19.3. The topological polar surface area (TPSA) is 80.5 Å². The number of thiophene rings is 1. The van der Waals surface area contributed by atoms with Gasteiger partial charge in [-0.15, -0.1) is 0 Å². The van der Waals surface area contributed by atoms with Gasteiger partial charge in [0.15, 0.2) is 0 Å². The van der Waals surface area contributed by atoms with Gasteiger partial charge in [-0.2, -0.15) is 16.3 Å². The van der Waals surface area contributed by atoms with Crippen molar-refractivity contribution < 1.29 is 14.1 Å². The third-order valence-corrected chi connectivity index (χ3v) is 6.05. The number of nitrogens with one attached hydrogen (secondary N) is 1. The number of hydrogen-bond acceptors (Lipinski definition) is 7. The van der Waals surface area contributed by atoms with Crippen molar-refractivity contribution in [1.82, 2.24) is 20.4 Å². The van der Waals surface area contributed by atoms with Gasteiger partial charge in [0.2, 0.25) is 17.6 Å². The smallest absolute Gasteiger partial charge is 0.227 e. The fourth-order valence-corrected chi connectivity index (χ4v) is 4.38. The molecule has 0 radical (unpaired) electrons. The normalized spacial score (nSPS) is 15.2. The Labute approximate surface area is 180 Å². The Hall–Kier alpha value is -2.71. The van der Waals surface area contributed by atoms with Crippen molar-refractivity contribution >= 4 is 17.2 Å². The molecule has 3 heterocycles. The maximum atomic E-state index is 12.5. The van der Waals surface area contributed by atoms with Crippen LogP contribution in [0.4, 0.5) is 0 Å². The lowest BCUT2D eigenvalue weighted by atomic mass is 10.0. The molecule has 0 spiro atoms. The Bertz CT molecular complexity index is 951. The highest BCUT2D eigenvalue weighted by Gasteiger charge is 2.24. The summed E-state index contributed by atoms with van der Waals surface area (Å²) in [5.74, 6) is 1.87. The lowest BCUT2D eigenvalue weighted by Crippen LogP contribution is -2.36. The summed E-state index contributed by atoms with van der Waals surface area (Å²) in [5, 5.41) is 11.0. The average Bonchev–Trinajstić information content (AvgIpc) is 3.55. The summed E-state index contributed by atoms with van der Waals surface area (Å²) in [6.45, 7) is 2.66. The highest BCUT2D eigenvalue weighted by atomic mass is 32.1. The van der Waals surface area contributed by atoms with Gasteiger partial charge >= 0.3 is 0 Å². The summed E-state index contributed by atoms with van der Waals surface area (Å²) in [6.07, 6.45) is 3.13. The molecule has 1 amide bonds. The van der Waals surface area contributed by atoms with Crippen LogP contribution in [0.25, 0.3) is 11.4 Å². The molecule has 7 nitrogen and oxygen atoms in total. The van der Waals surface area contributed by atoms with Gasteiger partial charge in [-0.1, -0.05) is 17.3 Å². The zero-order chi connectivity index (χ0) is 20.8. The molecule has 8 heteroatoms. The van der Waals surface area contributed by atoms with E-state index in [0.29, 0.717) is 31.1 Å². The molecular formula is C22H26N4O3S. The van der Waals surface area contributed by atoms with Gasteiger partial charge in [-0.05, 0) is 55.1 Å². The molecule has 1 saturated heterocycles. The Kier molecular flexibility index (Phi) is 6.76. The van der Waals surface area contributed by atoms with Crippen LogP contribution in [0.3, 0.4) is 0 Å². The van der Waals surface area contributed by atoms with E-state index in [2.05, 4.69) is 32.5 Å². The third-order valence-electron chi connectivity index (χ3n) is 5.37. The first-order valence-electron chi connectivity index (χ1n) is 10.2. The Morgan fingerprint density at radius 3 is 2.97 bits per heavy atom. The Morgan fingerprint density at radius 2 is 2.20 bits per heavy atom. The number of aryl methyl sites for hydroxylation is 1. The molecule has 4 rings (SSSR count). The van der Waals surface area contributed by atoms with Crippen molar-refractivity contribution in [3.8, 4) is 17.1 Å². The monoisotopic (exact) mass is 426 g/mol. The molecule has 1 atom stereocenters. The molecular weight excluding hydrogens is 400 g/mol. The predicted molar refractivity (Wildman–Crippen MR) is 115 cm³/mol. The lowest BCUT2D eigenvalue weighted by molar-refractivity contribution is -0.121. The lowest BCUT2D eigenvalue weighted by Gasteiger charge is -2.28. The van der Waals surface area contributed by atoms with Crippen LogP contribution < -0.4 is 10.1 Å². The molecule has 1 fully saturated rings. The Balaban J connectivity index is 1.33. The van der Waals surface area contributed by atoms with Crippen molar-refractivity contribution in [2.24, 2.45) is 0 Å². The molecule has 3 aromatic rings. The maximum Gasteiger partial charge on any atom is 0.227 e. The molecule has 1 N–H and O–H groups in total. The van der Waals surface area contributed by atoms with E-state index in [1.54, 1.807) is 18.4 Å². The second kappa shape index (κ2) is 9.86. The summed E-state index contributed by atoms with van der Waals surface area (Å²) in [7, 11) is 1.67. The van der Waals surface area contributed by atoms with Gasteiger partial charge in [0.25, 0.3) is 0 Å². The molecule has 1 aromatic carbocycles. The number of carbonyl (C=O) groups excluding carboxylic acids is 1. The number of methoxy groups -OCH3 is 1. The van der Waals surface area contributed by atoms with Crippen molar-refractivity contribution in [3.63, 3.8) is 0 Å². The minimum atomic E-state index is -0.0163. The van der Waals surface area contributed by atoms with E-state index in [4.69, 9.17) is 9.26 Å². The second-order valence-corrected chi connectivity index (χ2v) is 8.14. The first-order chi connectivity index (χ1) is 14.7. The summed E-state index contributed by atoms with van der Waals surface area (Å²) < 4.78 is 10.7. The van der Waals surface area contributed by atoms with Gasteiger partial charge < -0.3 is 14.6 Å². The number of likely N-dealkylation sites (tertiary alicyclic amines) is 1. The number of hydrogen-bond donors (Lipinski definition) is 1. The number of rotatable bonds is 9. The molecule has 0 saturated carbocycles. The molecule has 2 aromatic heterocycles. The highest BCUT2D eigenvalue weighted by molar-refractivity contribution is 7.08. The van der Waals surface area contributed by atoms with Crippen LogP contribution in [0.1, 0.15) is 36.8 Å². The second-order valence-electron chi connectivity index (χ2n) is 7.36. The molecule has 1 aliphatic rings. The van der Waals surface area contributed by atoms with Crippen LogP contribution in [0.2, 0.25) is 0 Å². The van der Waals surface area contributed by atoms with Crippen molar-refractivity contribution in [1.29, 1.82) is 0 Å². The number of carbonyl (C=O) groups is 1. The summed E-state index contributed by atoms with van der Waals surface area (Å²) in [6, 6.07) is 10.2. The van der Waals surface area contributed by atoms with E-state index in [1.807, 2.05) is 29.0 Å². The quantitative estimate of drug-likeness (QED) is 0.562. The number of aromatic nitrogens is 2. The van der Waals surface area contributed by atoms with Gasteiger partial charge in [-0.25, -0.2) is 0 Å². The molecule has 0 aliphatic carbocycles. The Morgan fingerprint density at radius 1 is 1.33 bits per heavy atom. The zero-order valence-corrected chi connectivity index (χ0v) is 17.9. The van der Waals surface area contributed by atoms with Gasteiger partial charge in [0.1, 0.15) is 5.75 Å². The molecule has 1 aliphatic heterocycles. The van der Waals surface area contributed by atoms with E-state index in [0.717, 1.165) is 30.0 Å². The molecule has 1 unspecified atom stereocenters. The van der Waals surface area contributed by atoms with Crippen LogP contribution in [0, 0.1) is 0 Å². The van der Waals surface area contributed by atoms with Crippen LogP contribution in [-0.2, 0) is 11.2 Å². The number of amides is 1. The standard InChI is InChI=1S/C22H26N4O3S/c1-28-18-6-4-5-16(13-18)19(26-10-2-3-11-26)14-23-20(27)7-8-21-24-22(25-29-21)17-9-12-30-15-17/h4-6,9,12-13,15,19H,2-3,7-8,10-11,14H2,1H3,(H,23,27). The predicted octanol–water partition coefficient (Wildman–Crippen LogP) is 3.69. The number of benzene rings is 1. The minimum Gasteiger partial charge on any atom is -0.497 e. The van der Waals surface area contributed by atoms with Crippen LogP contribution in [0.15, 0.2) is 45.6 Å². The number of ether oxygens (including phenoxy) is 1. The fraction of sp³-hybridized carbons (Fsp3) is 0.409. The zero-order valence-electron chi connectivity index (χ0n) is 17.0. The SMILES string of the molecule is COc1cccc(C(CNC(=O)CCc2nc(-c3ccsc3)no2)N2CCCC2)c1. The molecule has 30 heavy (non-hydrogen) atoms. The van der Waals surface area contributed by atoms with Gasteiger partial charge in [0, 0.05) is 30.3 Å².